The van der Waals surface area contributed by atoms with Crippen LogP contribution in [0.25, 0.3) is 0 Å². The molecule has 0 saturated carbocycles. The first-order valence-electron chi connectivity index (χ1n) is 7.79. The molecule has 13 heteroatoms. The van der Waals surface area contributed by atoms with E-state index in [4.69, 9.17) is 32.6 Å². The van der Waals surface area contributed by atoms with Gasteiger partial charge in [-0.05, 0) is 28.5 Å². The number of nitrogens with zero attached hydrogens (tertiary/aromatic N) is 2. The van der Waals surface area contributed by atoms with Crippen molar-refractivity contribution < 1.29 is 28.5 Å². The Bertz CT molecular complexity index is 876. The fourth-order valence-corrected chi connectivity index (χ4v) is 2.08. The van der Waals surface area contributed by atoms with Gasteiger partial charge in [-0.3, -0.25) is 15.0 Å². The minimum Gasteiger partial charge on any atom is -0.480 e. The number of benzene rings is 1. The van der Waals surface area contributed by atoms with Crippen LogP contribution in [-0.4, -0.2) is 52.3 Å². The van der Waals surface area contributed by atoms with Crippen molar-refractivity contribution in [1.29, 1.82) is 5.41 Å². The summed E-state index contributed by atoms with van der Waals surface area (Å²) < 4.78 is 23.0. The molecule has 1 amide bonds. The molecule has 1 aromatic carbocycles. The number of hydrogen-bond donors (Lipinski definition) is 5. The Labute approximate surface area is 162 Å². The summed E-state index contributed by atoms with van der Waals surface area (Å²) in [5, 5.41) is 28.6. The number of carbonyl (C=O) groups excluding carboxylic acids is 1. The van der Waals surface area contributed by atoms with E-state index in [0.717, 1.165) is 6.07 Å². The van der Waals surface area contributed by atoms with Gasteiger partial charge in [0, 0.05) is 5.69 Å². The smallest absolute Gasteiger partial charge is 0.321 e. The van der Waals surface area contributed by atoms with Crippen molar-refractivity contribution in [2.45, 2.75) is 12.5 Å². The van der Waals surface area contributed by atoms with Crippen LogP contribution in [0, 0.1) is 11.2 Å². The molecule has 0 aliphatic heterocycles. The number of halogens is 2. The van der Waals surface area contributed by atoms with Crippen molar-refractivity contribution in [2.24, 2.45) is 5.73 Å². The summed E-state index contributed by atoms with van der Waals surface area (Å²) in [6.45, 7) is -0.0171. The fourth-order valence-electron chi connectivity index (χ4n) is 1.90. The maximum absolute atomic E-state index is 13.2. The number of rotatable bonds is 9. The van der Waals surface area contributed by atoms with Gasteiger partial charge in [0.2, 0.25) is 11.6 Å². The molecule has 150 valence electrons. The number of carboxylic acid groups (broad SMARTS) is 1. The highest BCUT2D eigenvalue weighted by Crippen LogP contribution is 2.21. The Morgan fingerprint density at radius 2 is 2.18 bits per heavy atom. The Kier molecular flexibility index (Phi) is 7.23. The maximum atomic E-state index is 13.2. The number of ether oxygens (including phenoxy) is 1. The molecule has 0 spiro atoms. The van der Waals surface area contributed by atoms with Crippen LogP contribution in [0.4, 0.5) is 10.1 Å². The Morgan fingerprint density at radius 3 is 2.86 bits per heavy atom. The molecule has 0 bridgehead atoms. The van der Waals surface area contributed by atoms with E-state index in [1.807, 2.05) is 0 Å². The van der Waals surface area contributed by atoms with Crippen LogP contribution in [0.1, 0.15) is 12.1 Å². The number of nitrogens with one attached hydrogen (secondary N) is 3. The second-order valence-electron chi connectivity index (χ2n) is 5.39. The molecule has 2 aromatic rings. The molecule has 2 rings (SSSR count). The summed E-state index contributed by atoms with van der Waals surface area (Å²) in [5.41, 5.74) is 5.54. The molecule has 0 fully saturated rings. The van der Waals surface area contributed by atoms with E-state index in [-0.39, 0.29) is 42.0 Å². The van der Waals surface area contributed by atoms with Crippen molar-refractivity contribution in [3.05, 3.63) is 34.7 Å². The van der Waals surface area contributed by atoms with Gasteiger partial charge in [0.1, 0.15) is 18.5 Å². The number of amidine groups is 1. The van der Waals surface area contributed by atoms with E-state index in [1.165, 1.54) is 12.1 Å². The summed E-state index contributed by atoms with van der Waals surface area (Å²) >= 11 is 5.68. The molecule has 0 unspecified atom stereocenters. The van der Waals surface area contributed by atoms with Gasteiger partial charge < -0.3 is 26.2 Å². The molecule has 1 heterocycles. The van der Waals surface area contributed by atoms with Crippen LogP contribution in [0.15, 0.2) is 22.8 Å². The third-order valence-corrected chi connectivity index (χ3v) is 3.56. The number of nitrogens with two attached hydrogens (primary N) is 1. The van der Waals surface area contributed by atoms with Gasteiger partial charge in [-0.25, -0.2) is 9.02 Å². The lowest BCUT2D eigenvalue weighted by Crippen LogP contribution is -2.38. The molecule has 6 N–H and O–H groups in total. The molecule has 28 heavy (non-hydrogen) atoms. The highest BCUT2D eigenvalue weighted by atomic mass is 35.5. The number of hydrogen-bond acceptors (Lipinski definition) is 8. The SMILES string of the molecule is N=C(Nc1ccc(F)c(Cl)c1)c1nonc1OCCNC(=O)C[C@H](N)C(=O)O. The van der Waals surface area contributed by atoms with E-state index in [0.29, 0.717) is 5.69 Å². The van der Waals surface area contributed by atoms with Gasteiger partial charge in [0.05, 0.1) is 18.0 Å². The highest BCUT2D eigenvalue weighted by molar-refractivity contribution is 6.31. The van der Waals surface area contributed by atoms with Crippen LogP contribution in [0.5, 0.6) is 5.88 Å². The monoisotopic (exact) mass is 414 g/mol. The lowest BCUT2D eigenvalue weighted by molar-refractivity contribution is -0.140. The standard InChI is InChI=1S/C15H16ClFN6O5/c16-8-5-7(1-2-9(8)17)21-13(19)12-14(23-28-22-12)27-4-3-20-11(24)6-10(18)15(25)26/h1-2,5,10H,3-4,6,18H2,(H2,19,21)(H,20,24)(H,25,26)/t10-/m0/s1. The van der Waals surface area contributed by atoms with E-state index in [9.17, 15) is 14.0 Å². The molecular formula is C15H16ClFN6O5. The van der Waals surface area contributed by atoms with Gasteiger partial charge in [-0.15, -0.1) is 0 Å². The summed E-state index contributed by atoms with van der Waals surface area (Å²) in [5.74, 6) is -2.78. The molecule has 0 aliphatic carbocycles. The minimum atomic E-state index is -1.29. The zero-order valence-electron chi connectivity index (χ0n) is 14.2. The molecule has 1 aromatic heterocycles. The molecule has 0 saturated heterocycles. The number of anilines is 1. The van der Waals surface area contributed by atoms with Crippen LogP contribution >= 0.6 is 11.6 Å². The van der Waals surface area contributed by atoms with Gasteiger partial charge in [0.15, 0.2) is 5.84 Å². The molecule has 0 radical (unpaired) electrons. The van der Waals surface area contributed by atoms with Crippen LogP contribution in [0.2, 0.25) is 5.02 Å². The molecular weight excluding hydrogens is 399 g/mol. The van der Waals surface area contributed by atoms with Crippen LogP contribution in [-0.2, 0) is 9.59 Å². The minimum absolute atomic E-state index is 0.0335. The summed E-state index contributed by atoms with van der Waals surface area (Å²) in [4.78, 5) is 22.1. The highest BCUT2D eigenvalue weighted by Gasteiger charge is 2.18. The number of carbonyl (C=O) groups is 2. The average molecular weight is 415 g/mol. The van der Waals surface area contributed by atoms with Crippen molar-refractivity contribution in [3.63, 3.8) is 0 Å². The van der Waals surface area contributed by atoms with Crippen LogP contribution in [0.3, 0.4) is 0 Å². The molecule has 11 nitrogen and oxygen atoms in total. The first-order chi connectivity index (χ1) is 13.3. The van der Waals surface area contributed by atoms with E-state index < -0.39 is 23.7 Å². The number of carboxylic acids is 1. The van der Waals surface area contributed by atoms with Crippen molar-refractivity contribution >= 4 is 35.0 Å². The van der Waals surface area contributed by atoms with Gasteiger partial charge in [-0.1, -0.05) is 11.6 Å². The second kappa shape index (κ2) is 9.62. The van der Waals surface area contributed by atoms with E-state index in [2.05, 4.69) is 25.6 Å². The zero-order chi connectivity index (χ0) is 20.7. The predicted octanol–water partition coefficient (Wildman–Crippen LogP) is 0.597. The lowest BCUT2D eigenvalue weighted by atomic mass is 10.2. The van der Waals surface area contributed by atoms with Crippen molar-refractivity contribution in [1.82, 2.24) is 15.6 Å². The van der Waals surface area contributed by atoms with Gasteiger partial charge in [-0.2, -0.15) is 0 Å². The number of amides is 1. The third-order valence-electron chi connectivity index (χ3n) is 3.27. The molecule has 1 atom stereocenters. The van der Waals surface area contributed by atoms with Gasteiger partial charge >= 0.3 is 5.97 Å². The summed E-state index contributed by atoms with van der Waals surface area (Å²) in [6, 6.07) is 2.51. The summed E-state index contributed by atoms with van der Waals surface area (Å²) in [6.07, 6.45) is -0.374. The van der Waals surface area contributed by atoms with Crippen LogP contribution < -0.4 is 21.1 Å². The van der Waals surface area contributed by atoms with Gasteiger partial charge in [0.25, 0.3) is 5.88 Å². The second-order valence-corrected chi connectivity index (χ2v) is 5.80. The van der Waals surface area contributed by atoms with Crippen molar-refractivity contribution in [2.75, 3.05) is 18.5 Å². The lowest BCUT2D eigenvalue weighted by Gasteiger charge is -2.09. The Balaban J connectivity index is 1.84. The fraction of sp³-hybridized carbons (Fsp3) is 0.267. The Morgan fingerprint density at radius 1 is 1.43 bits per heavy atom. The number of aliphatic carboxylic acids is 1. The first kappa shape index (κ1) is 21.1. The molecule has 0 aliphatic rings. The number of aromatic nitrogens is 2. The zero-order valence-corrected chi connectivity index (χ0v) is 15.0. The average Bonchev–Trinajstić information content (AvgIpc) is 3.10. The third kappa shape index (κ3) is 5.89. The van der Waals surface area contributed by atoms with E-state index >= 15 is 0 Å². The topological polar surface area (TPSA) is 176 Å². The Hall–Kier alpha value is -3.25. The van der Waals surface area contributed by atoms with Crippen molar-refractivity contribution in [3.8, 4) is 5.88 Å². The normalized spacial score (nSPS) is 11.5. The predicted molar refractivity (Wildman–Crippen MR) is 94.9 cm³/mol. The largest absolute Gasteiger partial charge is 0.480 e. The maximum Gasteiger partial charge on any atom is 0.321 e. The summed E-state index contributed by atoms with van der Waals surface area (Å²) in [7, 11) is 0. The van der Waals surface area contributed by atoms with E-state index in [1.54, 1.807) is 0 Å². The first-order valence-corrected chi connectivity index (χ1v) is 8.17. The quantitative estimate of drug-likeness (QED) is 0.223.